The molecule has 4 rings (SSSR count). The van der Waals surface area contributed by atoms with Gasteiger partial charge in [-0.2, -0.15) is 13.2 Å². The van der Waals surface area contributed by atoms with Gasteiger partial charge in [0.15, 0.2) is 0 Å². The zero-order valence-corrected chi connectivity index (χ0v) is 15.0. The molecule has 4 nitrogen and oxygen atoms in total. The maximum Gasteiger partial charge on any atom is 0.410 e. The first kappa shape index (κ1) is 18.8. The number of alkyl halides is 3. The number of ether oxygens (including phenoxy) is 1. The summed E-state index contributed by atoms with van der Waals surface area (Å²) in [5.74, 6) is -0.226. The molecule has 1 N–H and O–H groups in total. The first-order valence-corrected chi connectivity index (χ1v) is 9.22. The Morgan fingerprint density at radius 1 is 1.04 bits per heavy atom. The van der Waals surface area contributed by atoms with Gasteiger partial charge in [-0.1, -0.05) is 48.5 Å². The van der Waals surface area contributed by atoms with Crippen molar-refractivity contribution < 1.29 is 27.8 Å². The number of rotatable bonds is 3. The smallest absolute Gasteiger partial charge is 0.410 e. The molecule has 28 heavy (non-hydrogen) atoms. The van der Waals surface area contributed by atoms with Crippen LogP contribution in [0.15, 0.2) is 48.5 Å². The highest BCUT2D eigenvalue weighted by molar-refractivity contribution is 5.79. The van der Waals surface area contributed by atoms with Gasteiger partial charge in [0.2, 0.25) is 0 Å². The van der Waals surface area contributed by atoms with E-state index in [1.807, 2.05) is 48.5 Å². The van der Waals surface area contributed by atoms with Crippen molar-refractivity contribution in [2.75, 3.05) is 13.2 Å². The number of carbonyl (C=O) groups is 1. The van der Waals surface area contributed by atoms with Crippen molar-refractivity contribution >= 4 is 6.09 Å². The summed E-state index contributed by atoms with van der Waals surface area (Å²) in [4.78, 5) is 13.2. The minimum atomic E-state index is -4.55. The molecule has 1 aliphatic carbocycles. The lowest BCUT2D eigenvalue weighted by Crippen LogP contribution is -2.49. The van der Waals surface area contributed by atoms with E-state index in [-0.39, 0.29) is 25.4 Å². The van der Waals surface area contributed by atoms with Gasteiger partial charge >= 0.3 is 12.3 Å². The zero-order valence-electron chi connectivity index (χ0n) is 15.0. The molecular weight excluding hydrogens is 371 g/mol. The van der Waals surface area contributed by atoms with Gasteiger partial charge in [-0.25, -0.2) is 4.79 Å². The summed E-state index contributed by atoms with van der Waals surface area (Å²) in [6, 6.07) is 12.7. The molecule has 0 bridgehead atoms. The fourth-order valence-corrected chi connectivity index (χ4v) is 4.33. The minimum Gasteiger partial charge on any atom is -0.448 e. The van der Waals surface area contributed by atoms with E-state index in [1.165, 1.54) is 0 Å². The molecule has 0 aromatic heterocycles. The highest BCUT2D eigenvalue weighted by atomic mass is 19.4. The van der Waals surface area contributed by atoms with Crippen molar-refractivity contribution in [3.63, 3.8) is 0 Å². The van der Waals surface area contributed by atoms with Crippen molar-refractivity contribution in [2.24, 2.45) is 0 Å². The second-order valence-electron chi connectivity index (χ2n) is 7.18. The summed E-state index contributed by atoms with van der Waals surface area (Å²) in [5.41, 5.74) is 4.07. The number of aliphatic hydroxyl groups is 1. The fourth-order valence-electron chi connectivity index (χ4n) is 4.33. The molecule has 2 aromatic carbocycles. The van der Waals surface area contributed by atoms with Gasteiger partial charge in [-0.05, 0) is 35.1 Å². The van der Waals surface area contributed by atoms with Crippen LogP contribution in [0.1, 0.15) is 29.9 Å². The van der Waals surface area contributed by atoms with Crippen LogP contribution in [0.2, 0.25) is 0 Å². The number of aliphatic hydroxyl groups excluding tert-OH is 1. The molecule has 1 heterocycles. The minimum absolute atomic E-state index is 0.0495. The number of hydrogen-bond donors (Lipinski definition) is 1. The van der Waals surface area contributed by atoms with E-state index in [1.54, 1.807) is 0 Å². The quantitative estimate of drug-likeness (QED) is 0.848. The molecule has 1 fully saturated rings. The number of benzene rings is 2. The molecule has 1 saturated heterocycles. The van der Waals surface area contributed by atoms with Gasteiger partial charge in [-0.3, -0.25) is 4.90 Å². The fraction of sp³-hybridized carbons (Fsp3) is 0.381. The van der Waals surface area contributed by atoms with Crippen LogP contribution in [-0.2, 0) is 4.74 Å². The lowest BCUT2D eigenvalue weighted by atomic mass is 9.98. The van der Waals surface area contributed by atoms with Crippen molar-refractivity contribution in [1.29, 1.82) is 0 Å². The molecular formula is C21H20F3NO3. The van der Waals surface area contributed by atoms with E-state index >= 15 is 0 Å². The summed E-state index contributed by atoms with van der Waals surface area (Å²) in [6.45, 7) is -0.567. The summed E-state index contributed by atoms with van der Waals surface area (Å²) in [7, 11) is 0. The largest absolute Gasteiger partial charge is 0.448 e. The number of carbonyl (C=O) groups excluding carboxylic acids is 1. The molecule has 0 saturated carbocycles. The molecule has 2 atom stereocenters. The molecule has 148 valence electrons. The van der Waals surface area contributed by atoms with Gasteiger partial charge in [0.25, 0.3) is 0 Å². The summed E-state index contributed by atoms with van der Waals surface area (Å²) < 4.78 is 45.2. The Morgan fingerprint density at radius 3 is 2.14 bits per heavy atom. The van der Waals surface area contributed by atoms with Crippen LogP contribution in [-0.4, -0.2) is 47.6 Å². The molecule has 0 unspecified atom stereocenters. The first-order chi connectivity index (χ1) is 13.4. The number of amides is 1. The Hall–Kier alpha value is -2.54. The highest BCUT2D eigenvalue weighted by Gasteiger charge is 2.52. The second-order valence-corrected chi connectivity index (χ2v) is 7.18. The summed E-state index contributed by atoms with van der Waals surface area (Å²) in [5, 5.41) is 9.39. The van der Waals surface area contributed by atoms with Gasteiger partial charge in [0.1, 0.15) is 12.6 Å². The lowest BCUT2D eigenvalue weighted by Gasteiger charge is -2.30. The van der Waals surface area contributed by atoms with Crippen LogP contribution >= 0.6 is 0 Å². The van der Waals surface area contributed by atoms with E-state index < -0.39 is 31.0 Å². The van der Waals surface area contributed by atoms with Crippen molar-refractivity contribution in [2.45, 2.75) is 37.0 Å². The van der Waals surface area contributed by atoms with E-state index in [0.29, 0.717) is 4.90 Å². The maximum atomic E-state index is 13.3. The Kier molecular flexibility index (Phi) is 4.79. The number of nitrogens with zero attached hydrogens (tertiary/aromatic N) is 1. The van der Waals surface area contributed by atoms with Crippen molar-refractivity contribution in [3.8, 4) is 11.1 Å². The van der Waals surface area contributed by atoms with Gasteiger partial charge < -0.3 is 9.84 Å². The third-order valence-corrected chi connectivity index (χ3v) is 5.64. The van der Waals surface area contributed by atoms with Crippen LogP contribution in [0, 0.1) is 0 Å². The Morgan fingerprint density at radius 2 is 1.61 bits per heavy atom. The molecule has 0 radical (unpaired) electrons. The number of hydrogen-bond acceptors (Lipinski definition) is 3. The monoisotopic (exact) mass is 391 g/mol. The topological polar surface area (TPSA) is 49.8 Å². The van der Waals surface area contributed by atoms with Gasteiger partial charge in [0, 0.05) is 5.92 Å². The van der Waals surface area contributed by atoms with Crippen LogP contribution in [0.4, 0.5) is 18.0 Å². The lowest BCUT2D eigenvalue weighted by molar-refractivity contribution is -0.175. The number of likely N-dealkylation sites (tertiary alicyclic amines) is 1. The van der Waals surface area contributed by atoms with Crippen LogP contribution in [0.3, 0.4) is 0 Å². The van der Waals surface area contributed by atoms with Crippen molar-refractivity contribution in [3.05, 3.63) is 59.7 Å². The van der Waals surface area contributed by atoms with Crippen molar-refractivity contribution in [1.82, 2.24) is 4.90 Å². The zero-order chi connectivity index (χ0) is 19.9. The molecule has 1 aliphatic heterocycles. The number of fused-ring (bicyclic) bond motifs is 3. The Bertz CT molecular complexity index is 838. The maximum absolute atomic E-state index is 13.3. The highest BCUT2D eigenvalue weighted by Crippen LogP contribution is 2.45. The molecule has 2 aromatic rings. The Labute approximate surface area is 160 Å². The third kappa shape index (κ3) is 3.13. The second kappa shape index (κ2) is 7.13. The van der Waals surface area contributed by atoms with Gasteiger partial charge in [-0.15, -0.1) is 0 Å². The number of halogens is 3. The average molecular weight is 391 g/mol. The van der Waals surface area contributed by atoms with Crippen LogP contribution in [0.5, 0.6) is 0 Å². The molecule has 2 aliphatic rings. The summed E-state index contributed by atoms with van der Waals surface area (Å²) >= 11 is 0. The third-order valence-electron chi connectivity index (χ3n) is 5.64. The molecule has 0 spiro atoms. The first-order valence-electron chi connectivity index (χ1n) is 9.22. The SMILES string of the molecule is O=C(OCC1c2ccccc2-c2ccccc21)N1[C@H](CO)CC[C@@H]1C(F)(F)F. The van der Waals surface area contributed by atoms with Crippen LogP contribution in [0.25, 0.3) is 11.1 Å². The van der Waals surface area contributed by atoms with E-state index in [9.17, 15) is 23.1 Å². The van der Waals surface area contributed by atoms with Gasteiger partial charge in [0.05, 0.1) is 12.6 Å². The standard InChI is InChI=1S/C21H20F3NO3/c22-21(23,24)19-10-9-13(11-26)25(19)20(27)28-12-18-16-7-3-1-5-14(16)15-6-2-4-8-17(15)18/h1-8,13,18-19,26H,9-12H2/t13-,19+/m0/s1. The predicted molar refractivity (Wildman–Crippen MR) is 96.9 cm³/mol. The predicted octanol–water partition coefficient (Wildman–Crippen LogP) is 4.32. The summed E-state index contributed by atoms with van der Waals surface area (Å²) in [6.07, 6.45) is -5.69. The Balaban J connectivity index is 1.55. The van der Waals surface area contributed by atoms with E-state index in [4.69, 9.17) is 4.74 Å². The normalized spacial score (nSPS) is 21.5. The molecule has 1 amide bonds. The van der Waals surface area contributed by atoms with Crippen LogP contribution < -0.4 is 0 Å². The van der Waals surface area contributed by atoms with E-state index in [2.05, 4.69) is 0 Å². The van der Waals surface area contributed by atoms with E-state index in [0.717, 1.165) is 22.3 Å². The average Bonchev–Trinajstić information content (AvgIpc) is 3.26. The molecule has 7 heteroatoms.